The van der Waals surface area contributed by atoms with Gasteiger partial charge in [0, 0.05) is 42.4 Å². The highest BCUT2D eigenvalue weighted by molar-refractivity contribution is 5.98. The average Bonchev–Trinajstić information content (AvgIpc) is 3.39. The Kier molecular flexibility index (Phi) is 6.44. The Hall–Kier alpha value is -4.35. The van der Waals surface area contributed by atoms with Crippen LogP contribution < -0.4 is 5.32 Å². The normalized spacial score (nSPS) is 15.6. The second kappa shape index (κ2) is 10.3. The van der Waals surface area contributed by atoms with Crippen molar-refractivity contribution in [1.29, 1.82) is 0 Å². The predicted octanol–water partition coefficient (Wildman–Crippen LogP) is 5.97. The molecule has 4 aromatic carbocycles. The third kappa shape index (κ3) is 5.13. The molecule has 0 radical (unpaired) electrons. The number of amides is 1. The number of nitrogens with one attached hydrogen (secondary N) is 1. The molecule has 1 fully saturated rings. The van der Waals surface area contributed by atoms with E-state index in [1.165, 1.54) is 5.56 Å². The van der Waals surface area contributed by atoms with Crippen LogP contribution in [0.2, 0.25) is 0 Å². The Balaban J connectivity index is 1.25. The van der Waals surface area contributed by atoms with E-state index in [1.54, 1.807) is 0 Å². The molecule has 1 aliphatic rings. The lowest BCUT2D eigenvalue weighted by atomic mass is 10.0. The van der Waals surface area contributed by atoms with Crippen LogP contribution in [0, 0.1) is 0 Å². The van der Waals surface area contributed by atoms with E-state index in [9.17, 15) is 4.79 Å². The van der Waals surface area contributed by atoms with Crippen molar-refractivity contribution in [2.75, 3.05) is 13.1 Å². The molecule has 5 nitrogen and oxygen atoms in total. The fraction of sp³-hybridized carbons (Fsp3) is 0.156. The number of carbonyl (C=O) groups is 1. The number of aromatic nitrogens is 2. The number of likely N-dealkylation sites (tertiary alicyclic amines) is 1. The number of carbonyl (C=O) groups excluding carboxylic acids is 1. The molecular weight excluding hydrogens is 456 g/mol. The molecule has 1 aliphatic heterocycles. The summed E-state index contributed by atoms with van der Waals surface area (Å²) in [6.07, 6.45) is 0.949. The van der Waals surface area contributed by atoms with Crippen molar-refractivity contribution >= 4 is 16.9 Å². The third-order valence-corrected chi connectivity index (χ3v) is 6.88. The lowest BCUT2D eigenvalue weighted by Gasteiger charge is -2.17. The Bertz CT molecular complexity index is 1520. The molecule has 5 aromatic rings. The smallest absolute Gasteiger partial charge is 0.251 e. The first-order chi connectivity index (χ1) is 18.2. The first-order valence-corrected chi connectivity index (χ1v) is 12.7. The molecule has 37 heavy (non-hydrogen) atoms. The van der Waals surface area contributed by atoms with Crippen molar-refractivity contribution < 1.29 is 4.79 Å². The molecular formula is C32H28N4O. The average molecular weight is 485 g/mol. The van der Waals surface area contributed by atoms with Crippen molar-refractivity contribution in [3.63, 3.8) is 0 Å². The van der Waals surface area contributed by atoms with Crippen LogP contribution >= 0.6 is 0 Å². The quantitative estimate of drug-likeness (QED) is 0.323. The van der Waals surface area contributed by atoms with Gasteiger partial charge in [0.1, 0.15) is 0 Å². The number of benzene rings is 4. The summed E-state index contributed by atoms with van der Waals surface area (Å²) in [4.78, 5) is 25.5. The zero-order valence-electron chi connectivity index (χ0n) is 20.5. The summed E-state index contributed by atoms with van der Waals surface area (Å²) in [5.74, 6) is -0.0661. The molecule has 6 rings (SSSR count). The highest BCUT2D eigenvalue weighted by atomic mass is 16.1. The SMILES string of the molecule is O=C(NC1CCN(Cc2ccccc2)C1)c1ccc2nc(-c3ccccc3)c(-c3ccccc3)nc2c1. The standard InChI is InChI=1S/C32H28N4O/c37-32(33-27-18-19-36(22-27)21-23-10-4-1-5-11-23)26-16-17-28-29(20-26)35-31(25-14-8-3-9-15-25)30(34-28)24-12-6-2-7-13-24/h1-17,20,27H,18-19,21-22H2,(H,33,37). The maximum Gasteiger partial charge on any atom is 0.251 e. The summed E-state index contributed by atoms with van der Waals surface area (Å²) in [5.41, 5.74) is 7.04. The van der Waals surface area contributed by atoms with E-state index in [2.05, 4.69) is 34.5 Å². The molecule has 182 valence electrons. The zero-order chi connectivity index (χ0) is 25.0. The van der Waals surface area contributed by atoms with Crippen molar-refractivity contribution in [2.45, 2.75) is 19.0 Å². The van der Waals surface area contributed by atoms with Crippen LogP contribution in [0.25, 0.3) is 33.5 Å². The molecule has 1 amide bonds. The van der Waals surface area contributed by atoms with Gasteiger partial charge >= 0.3 is 0 Å². The van der Waals surface area contributed by atoms with Gasteiger partial charge in [-0.1, -0.05) is 91.0 Å². The first-order valence-electron chi connectivity index (χ1n) is 12.7. The van der Waals surface area contributed by atoms with Crippen LogP contribution in [0.1, 0.15) is 22.3 Å². The summed E-state index contributed by atoms with van der Waals surface area (Å²) < 4.78 is 0. The fourth-order valence-corrected chi connectivity index (χ4v) is 4.99. The van der Waals surface area contributed by atoms with Crippen LogP contribution in [0.3, 0.4) is 0 Å². The molecule has 0 aliphatic carbocycles. The van der Waals surface area contributed by atoms with Crippen molar-refractivity contribution in [1.82, 2.24) is 20.2 Å². The van der Waals surface area contributed by atoms with Gasteiger partial charge in [-0.15, -0.1) is 0 Å². The number of hydrogen-bond acceptors (Lipinski definition) is 4. The molecule has 1 unspecified atom stereocenters. The van der Waals surface area contributed by atoms with Gasteiger partial charge in [-0.05, 0) is 30.2 Å². The largest absolute Gasteiger partial charge is 0.348 e. The Morgan fingerprint density at radius 2 is 1.35 bits per heavy atom. The summed E-state index contributed by atoms with van der Waals surface area (Å²) in [5, 5.41) is 3.23. The summed E-state index contributed by atoms with van der Waals surface area (Å²) >= 11 is 0. The van der Waals surface area contributed by atoms with Crippen LogP contribution in [0.5, 0.6) is 0 Å². The number of hydrogen-bond donors (Lipinski definition) is 1. The molecule has 1 saturated heterocycles. The van der Waals surface area contributed by atoms with Crippen LogP contribution in [0.4, 0.5) is 0 Å². The van der Waals surface area contributed by atoms with E-state index in [0.717, 1.165) is 54.1 Å². The number of fused-ring (bicyclic) bond motifs is 1. The Morgan fingerprint density at radius 1 is 0.757 bits per heavy atom. The van der Waals surface area contributed by atoms with E-state index < -0.39 is 0 Å². The van der Waals surface area contributed by atoms with Crippen LogP contribution in [-0.2, 0) is 6.54 Å². The lowest BCUT2D eigenvalue weighted by molar-refractivity contribution is 0.0937. The third-order valence-electron chi connectivity index (χ3n) is 6.88. The second-order valence-corrected chi connectivity index (χ2v) is 9.54. The molecule has 0 bridgehead atoms. The molecule has 5 heteroatoms. The maximum atomic E-state index is 13.2. The minimum Gasteiger partial charge on any atom is -0.348 e. The molecule has 1 atom stereocenters. The molecule has 1 N–H and O–H groups in total. The van der Waals surface area contributed by atoms with Gasteiger partial charge < -0.3 is 5.32 Å². The van der Waals surface area contributed by atoms with Gasteiger partial charge in [0.2, 0.25) is 0 Å². The summed E-state index contributed by atoms with van der Waals surface area (Å²) in [7, 11) is 0. The lowest BCUT2D eigenvalue weighted by Crippen LogP contribution is -2.37. The topological polar surface area (TPSA) is 58.1 Å². The molecule has 1 aromatic heterocycles. The maximum absolute atomic E-state index is 13.2. The van der Waals surface area contributed by atoms with Crippen LogP contribution in [0.15, 0.2) is 109 Å². The Labute approximate surface area is 216 Å². The van der Waals surface area contributed by atoms with E-state index >= 15 is 0 Å². The van der Waals surface area contributed by atoms with Gasteiger partial charge in [-0.2, -0.15) is 0 Å². The first kappa shape index (κ1) is 23.1. The molecule has 0 spiro atoms. The second-order valence-electron chi connectivity index (χ2n) is 9.54. The van der Waals surface area contributed by atoms with Gasteiger partial charge in [0.05, 0.1) is 22.4 Å². The number of nitrogens with zero attached hydrogens (tertiary/aromatic N) is 3. The minimum atomic E-state index is -0.0661. The van der Waals surface area contributed by atoms with Gasteiger partial charge in [0.25, 0.3) is 5.91 Å². The van der Waals surface area contributed by atoms with Gasteiger partial charge in [-0.3, -0.25) is 9.69 Å². The summed E-state index contributed by atoms with van der Waals surface area (Å²) in [6.45, 7) is 2.74. The van der Waals surface area contributed by atoms with E-state index in [4.69, 9.17) is 9.97 Å². The monoisotopic (exact) mass is 484 g/mol. The zero-order valence-corrected chi connectivity index (χ0v) is 20.5. The number of rotatable bonds is 6. The minimum absolute atomic E-state index is 0.0661. The van der Waals surface area contributed by atoms with Crippen molar-refractivity contribution in [3.8, 4) is 22.5 Å². The fourth-order valence-electron chi connectivity index (χ4n) is 4.99. The van der Waals surface area contributed by atoms with Gasteiger partial charge in [-0.25, -0.2) is 9.97 Å². The van der Waals surface area contributed by atoms with E-state index in [-0.39, 0.29) is 11.9 Å². The van der Waals surface area contributed by atoms with Crippen LogP contribution in [-0.4, -0.2) is 39.9 Å². The Morgan fingerprint density at radius 3 is 2.00 bits per heavy atom. The van der Waals surface area contributed by atoms with E-state index in [0.29, 0.717) is 11.1 Å². The predicted molar refractivity (Wildman–Crippen MR) is 148 cm³/mol. The molecule has 2 heterocycles. The molecule has 0 saturated carbocycles. The highest BCUT2D eigenvalue weighted by Crippen LogP contribution is 2.31. The van der Waals surface area contributed by atoms with Gasteiger partial charge in [0.15, 0.2) is 0 Å². The summed E-state index contributed by atoms with van der Waals surface area (Å²) in [6, 6.07) is 36.4. The van der Waals surface area contributed by atoms with E-state index in [1.807, 2.05) is 84.9 Å². The van der Waals surface area contributed by atoms with Crippen molar-refractivity contribution in [3.05, 3.63) is 120 Å². The highest BCUT2D eigenvalue weighted by Gasteiger charge is 2.24. The van der Waals surface area contributed by atoms with Crippen molar-refractivity contribution in [2.24, 2.45) is 0 Å².